The lowest BCUT2D eigenvalue weighted by Crippen LogP contribution is -2.38. The molecular formula is C34H10BF13O3. The van der Waals surface area contributed by atoms with Crippen LogP contribution in [0.1, 0.15) is 0 Å². The van der Waals surface area contributed by atoms with Crippen molar-refractivity contribution in [1.29, 1.82) is 0 Å². The lowest BCUT2D eigenvalue weighted by molar-refractivity contribution is 0.282. The molecule has 17 heteroatoms. The van der Waals surface area contributed by atoms with E-state index in [-0.39, 0.29) is 22.9 Å². The van der Waals surface area contributed by atoms with Gasteiger partial charge in [-0.15, -0.1) is 0 Å². The fraction of sp³-hybridized carbons (Fsp3) is 0. The molecule has 0 aliphatic rings. The second-order valence-corrected chi connectivity index (χ2v) is 10.8. The first-order chi connectivity index (χ1) is 24.2. The highest BCUT2D eigenvalue weighted by Gasteiger charge is 2.39. The van der Waals surface area contributed by atoms with Gasteiger partial charge in [0.25, 0.3) is 0 Å². The molecule has 0 aromatic heterocycles. The third-order valence-electron chi connectivity index (χ3n) is 7.82. The van der Waals surface area contributed by atoms with Crippen LogP contribution in [-0.4, -0.2) is 7.32 Å². The first-order valence-electron chi connectivity index (χ1n) is 14.1. The Morgan fingerprint density at radius 1 is 0.373 bits per heavy atom. The first kappa shape index (κ1) is 33.6. The Bertz CT molecular complexity index is 2480. The van der Waals surface area contributed by atoms with Gasteiger partial charge >= 0.3 is 7.32 Å². The molecule has 0 spiro atoms. The van der Waals surface area contributed by atoms with Crippen LogP contribution in [0.3, 0.4) is 0 Å². The molecule has 0 atom stereocenters. The molecule has 3 nitrogen and oxygen atoms in total. The van der Waals surface area contributed by atoms with Gasteiger partial charge in [-0.2, -0.15) is 13.2 Å². The van der Waals surface area contributed by atoms with Crippen LogP contribution in [0, 0.1) is 75.6 Å². The number of fused-ring (bicyclic) bond motifs is 4. The van der Waals surface area contributed by atoms with Crippen LogP contribution in [0.25, 0.3) is 43.1 Å². The minimum absolute atomic E-state index is 0.0317. The van der Waals surface area contributed by atoms with Gasteiger partial charge in [-0.1, -0.05) is 24.3 Å². The topological polar surface area (TPSA) is 27.7 Å². The Hall–Kier alpha value is -5.87. The van der Waals surface area contributed by atoms with E-state index in [1.807, 2.05) is 0 Å². The average molecular weight is 724 g/mol. The molecule has 0 bridgehead atoms. The Morgan fingerprint density at radius 3 is 1.27 bits per heavy atom. The summed E-state index contributed by atoms with van der Waals surface area (Å²) in [4.78, 5) is 0. The molecule has 51 heavy (non-hydrogen) atoms. The van der Waals surface area contributed by atoms with Gasteiger partial charge in [-0.3, -0.25) is 0 Å². The van der Waals surface area contributed by atoms with Crippen LogP contribution in [0.4, 0.5) is 57.1 Å². The zero-order chi connectivity index (χ0) is 36.6. The third-order valence-corrected chi connectivity index (χ3v) is 7.82. The molecule has 7 rings (SSSR count). The predicted octanol–water partition coefficient (Wildman–Crippen LogP) is 10.6. The van der Waals surface area contributed by atoms with Gasteiger partial charge in [0, 0.05) is 22.9 Å². The van der Waals surface area contributed by atoms with E-state index in [4.69, 9.17) is 14.0 Å². The second kappa shape index (κ2) is 12.2. The van der Waals surface area contributed by atoms with Gasteiger partial charge in [0.1, 0.15) is 34.8 Å². The number of rotatable bonds is 6. The number of hydrogen-bond donors (Lipinski definition) is 0. The smallest absolute Gasteiger partial charge is 0.487 e. The average Bonchev–Trinajstić information content (AvgIpc) is 3.08. The van der Waals surface area contributed by atoms with Crippen molar-refractivity contribution in [2.45, 2.75) is 0 Å². The standard InChI is InChI=1S/C34H10BF13O3/c36-13-9-18(39)24(40)19(10-13)49-35(50-33-14-7-11-3-1-5-16(37)20(11)25(41)22(14)27(43)29(45)31(33)47)51-34-15-8-12-4-2-6-17(38)21(12)26(42)23(15)28(44)30(46)32(34)48/h1-10H. The molecule has 0 saturated carbocycles. The third kappa shape index (κ3) is 5.25. The van der Waals surface area contributed by atoms with E-state index in [2.05, 4.69) is 0 Å². The summed E-state index contributed by atoms with van der Waals surface area (Å²) < 4.78 is 209. The fourth-order valence-corrected chi connectivity index (χ4v) is 5.58. The van der Waals surface area contributed by atoms with Crippen LogP contribution in [-0.2, 0) is 0 Å². The molecule has 7 aromatic carbocycles. The summed E-state index contributed by atoms with van der Waals surface area (Å²) in [6.45, 7) is 0. The van der Waals surface area contributed by atoms with E-state index in [0.29, 0.717) is 12.1 Å². The summed E-state index contributed by atoms with van der Waals surface area (Å²) in [5, 5.41) is -7.47. The quantitative estimate of drug-likeness (QED) is 0.0562. The predicted molar refractivity (Wildman–Crippen MR) is 156 cm³/mol. The van der Waals surface area contributed by atoms with Gasteiger partial charge < -0.3 is 14.0 Å². The monoisotopic (exact) mass is 724 g/mol. The van der Waals surface area contributed by atoms with E-state index in [9.17, 15) is 30.7 Å². The lowest BCUT2D eigenvalue weighted by atomic mass is 9.99. The lowest BCUT2D eigenvalue weighted by Gasteiger charge is -2.21. The molecular weight excluding hydrogens is 714 g/mol. The van der Waals surface area contributed by atoms with Crippen LogP contribution in [0.15, 0.2) is 60.7 Å². The second-order valence-electron chi connectivity index (χ2n) is 10.8. The summed E-state index contributed by atoms with van der Waals surface area (Å²) in [5.74, 6) is -30.0. The SMILES string of the molecule is Fc1cc(F)c(F)c(OB(Oc2c(F)c(F)c(F)c3c(F)c4c(F)cccc4cc23)Oc2c(F)c(F)c(F)c3c(F)c4c(F)cccc4cc23)c1. The molecule has 0 saturated heterocycles. The molecule has 0 unspecified atom stereocenters. The van der Waals surface area contributed by atoms with Crippen molar-refractivity contribution in [2.75, 3.05) is 0 Å². The molecule has 258 valence electrons. The van der Waals surface area contributed by atoms with E-state index < -0.39 is 133 Å². The molecule has 0 radical (unpaired) electrons. The fourth-order valence-electron chi connectivity index (χ4n) is 5.58. The summed E-state index contributed by atoms with van der Waals surface area (Å²) in [6, 6.07) is 7.32. The number of hydrogen-bond acceptors (Lipinski definition) is 3. The highest BCUT2D eigenvalue weighted by molar-refractivity contribution is 6.40. The number of halogens is 13. The van der Waals surface area contributed by atoms with Gasteiger partial charge in [0.05, 0.1) is 21.5 Å². The van der Waals surface area contributed by atoms with Crippen LogP contribution in [0.2, 0.25) is 0 Å². The molecule has 0 aliphatic heterocycles. The van der Waals surface area contributed by atoms with Crippen molar-refractivity contribution in [3.63, 3.8) is 0 Å². The van der Waals surface area contributed by atoms with E-state index in [1.165, 1.54) is 0 Å². The Kier molecular flexibility index (Phi) is 8.03. The Morgan fingerprint density at radius 2 is 0.824 bits per heavy atom. The summed E-state index contributed by atoms with van der Waals surface area (Å²) in [7, 11) is -3.09. The van der Waals surface area contributed by atoms with E-state index >= 15 is 26.3 Å². The maximum atomic E-state index is 15.5. The highest BCUT2D eigenvalue weighted by Crippen LogP contribution is 2.42. The number of benzene rings is 7. The molecule has 7 aromatic rings. The summed E-state index contributed by atoms with van der Waals surface area (Å²) in [6.07, 6.45) is 0. The molecule has 0 amide bonds. The minimum Gasteiger partial charge on any atom is -0.487 e. The van der Waals surface area contributed by atoms with Crippen molar-refractivity contribution >= 4 is 50.4 Å². The van der Waals surface area contributed by atoms with Gasteiger partial charge in [-0.25, -0.2) is 43.9 Å². The molecule has 0 aliphatic carbocycles. The van der Waals surface area contributed by atoms with Gasteiger partial charge in [-0.05, 0) is 35.0 Å². The normalized spacial score (nSPS) is 11.6. The van der Waals surface area contributed by atoms with Gasteiger partial charge in [0.2, 0.25) is 11.6 Å². The van der Waals surface area contributed by atoms with E-state index in [0.717, 1.165) is 36.4 Å². The zero-order valence-electron chi connectivity index (χ0n) is 24.5. The van der Waals surface area contributed by atoms with Crippen molar-refractivity contribution < 1.29 is 71.0 Å². The van der Waals surface area contributed by atoms with Crippen LogP contribution >= 0.6 is 0 Å². The van der Waals surface area contributed by atoms with Crippen molar-refractivity contribution in [2.24, 2.45) is 0 Å². The van der Waals surface area contributed by atoms with Crippen molar-refractivity contribution in [1.82, 2.24) is 0 Å². The summed E-state index contributed by atoms with van der Waals surface area (Å²) in [5.41, 5.74) is 0. The van der Waals surface area contributed by atoms with Crippen LogP contribution in [0.5, 0.6) is 17.2 Å². The Balaban J connectivity index is 1.49. The largest absolute Gasteiger partial charge is 0.864 e. The highest BCUT2D eigenvalue weighted by atomic mass is 19.2. The minimum atomic E-state index is -3.09. The maximum Gasteiger partial charge on any atom is 0.864 e. The van der Waals surface area contributed by atoms with Crippen molar-refractivity contribution in [3.05, 3.63) is 136 Å². The van der Waals surface area contributed by atoms with E-state index in [1.54, 1.807) is 0 Å². The molecule has 0 heterocycles. The molecule has 0 fully saturated rings. The first-order valence-corrected chi connectivity index (χ1v) is 14.1. The molecule has 0 N–H and O–H groups in total. The van der Waals surface area contributed by atoms with Gasteiger partial charge in [0.15, 0.2) is 46.4 Å². The van der Waals surface area contributed by atoms with Crippen LogP contribution < -0.4 is 14.0 Å². The summed E-state index contributed by atoms with van der Waals surface area (Å²) >= 11 is 0. The Labute approximate surface area is 275 Å². The maximum absolute atomic E-state index is 15.5. The van der Waals surface area contributed by atoms with Crippen molar-refractivity contribution in [3.8, 4) is 17.2 Å². The zero-order valence-corrected chi connectivity index (χ0v) is 24.5.